The van der Waals surface area contributed by atoms with Gasteiger partial charge in [0.05, 0.1) is 10.6 Å². The number of hydrogen-bond acceptors (Lipinski definition) is 6. The minimum Gasteiger partial charge on any atom is -0.449 e. The van der Waals surface area contributed by atoms with Crippen molar-refractivity contribution in [1.29, 1.82) is 0 Å². The van der Waals surface area contributed by atoms with Crippen LogP contribution in [0.1, 0.15) is 19.4 Å². The molecule has 1 aliphatic rings. The van der Waals surface area contributed by atoms with Crippen molar-refractivity contribution in [3.8, 4) is 11.5 Å². The summed E-state index contributed by atoms with van der Waals surface area (Å²) in [5.41, 5.74) is 0.0237. The molecule has 0 saturated carbocycles. The Labute approximate surface area is 144 Å². The van der Waals surface area contributed by atoms with Gasteiger partial charge >= 0.3 is 0 Å². The average molecular weight is 364 g/mol. The van der Waals surface area contributed by atoms with E-state index in [9.17, 15) is 18.5 Å². The van der Waals surface area contributed by atoms with E-state index in [0.717, 1.165) is 6.07 Å². The van der Waals surface area contributed by atoms with Crippen molar-refractivity contribution in [3.05, 3.63) is 52.1 Å². The Morgan fingerprint density at radius 2 is 1.80 bits per heavy atom. The Kier molecular flexibility index (Phi) is 3.83. The third-order valence-corrected chi connectivity index (χ3v) is 5.14. The van der Waals surface area contributed by atoms with E-state index in [-0.39, 0.29) is 16.1 Å². The molecule has 0 saturated heterocycles. The Morgan fingerprint density at radius 1 is 1.12 bits per heavy atom. The summed E-state index contributed by atoms with van der Waals surface area (Å²) in [5, 5.41) is 11.2. The first-order valence-electron chi connectivity index (χ1n) is 7.38. The summed E-state index contributed by atoms with van der Waals surface area (Å²) in [4.78, 5) is 10.1. The summed E-state index contributed by atoms with van der Waals surface area (Å²) >= 11 is 0. The fourth-order valence-electron chi connectivity index (χ4n) is 2.62. The minimum atomic E-state index is -4.15. The first-order chi connectivity index (χ1) is 11.6. The highest BCUT2D eigenvalue weighted by Gasteiger charge is 2.33. The second-order valence-corrected chi connectivity index (χ2v) is 7.67. The van der Waals surface area contributed by atoms with Gasteiger partial charge < -0.3 is 9.47 Å². The molecule has 0 atom stereocenters. The van der Waals surface area contributed by atoms with Gasteiger partial charge in [0.15, 0.2) is 16.4 Å². The van der Waals surface area contributed by atoms with Crippen LogP contribution in [0.5, 0.6) is 11.5 Å². The summed E-state index contributed by atoms with van der Waals surface area (Å²) < 4.78 is 38.9. The van der Waals surface area contributed by atoms with Gasteiger partial charge in [0.2, 0.25) is 5.79 Å². The number of nitro groups is 1. The molecule has 0 fully saturated rings. The molecule has 1 N–H and O–H groups in total. The number of rotatable bonds is 4. The topological polar surface area (TPSA) is 108 Å². The average Bonchev–Trinajstić information content (AvgIpc) is 2.79. The number of aryl methyl sites for hydroxylation is 1. The molecule has 0 spiro atoms. The van der Waals surface area contributed by atoms with Crippen LogP contribution in [-0.4, -0.2) is 19.1 Å². The Hall–Kier alpha value is -2.81. The minimum absolute atomic E-state index is 0.220. The molecule has 132 valence electrons. The summed E-state index contributed by atoms with van der Waals surface area (Å²) in [6.07, 6.45) is 0. The number of sulfonamides is 1. The number of fused-ring (bicyclic) bond motifs is 1. The molecule has 25 heavy (non-hydrogen) atoms. The zero-order valence-corrected chi connectivity index (χ0v) is 14.6. The van der Waals surface area contributed by atoms with Gasteiger partial charge in [-0.3, -0.25) is 14.8 Å². The van der Waals surface area contributed by atoms with Gasteiger partial charge in [-0.25, -0.2) is 8.42 Å². The van der Waals surface area contributed by atoms with Crippen LogP contribution in [0, 0.1) is 17.0 Å². The maximum Gasteiger partial charge on any atom is 0.290 e. The molecule has 2 aromatic rings. The molecule has 0 unspecified atom stereocenters. The number of nitro benzene ring substituents is 1. The Balaban J connectivity index is 1.98. The fraction of sp³-hybridized carbons (Fsp3) is 0.250. The van der Waals surface area contributed by atoms with Crippen molar-refractivity contribution in [2.75, 3.05) is 4.72 Å². The van der Waals surface area contributed by atoms with Crippen LogP contribution in [-0.2, 0) is 10.0 Å². The lowest BCUT2D eigenvalue weighted by Crippen LogP contribution is -2.29. The monoisotopic (exact) mass is 364 g/mol. The maximum atomic E-state index is 12.7. The second-order valence-electron chi connectivity index (χ2n) is 6.05. The Morgan fingerprint density at radius 3 is 2.48 bits per heavy atom. The normalized spacial score (nSPS) is 15.0. The van der Waals surface area contributed by atoms with Crippen molar-refractivity contribution in [1.82, 2.24) is 0 Å². The molecule has 9 heteroatoms. The zero-order valence-electron chi connectivity index (χ0n) is 13.8. The molecule has 1 aliphatic heterocycles. The van der Waals surface area contributed by atoms with Crippen molar-refractivity contribution in [3.63, 3.8) is 0 Å². The standard InChI is InChI=1S/C16H16N2O6S/c1-10-5-4-6-12(18(19)20)15(10)25(21,22)17-11-7-8-13-14(9-11)24-16(2,3)23-13/h4-9,17H,1-3H3. The molecule has 0 amide bonds. The van der Waals surface area contributed by atoms with Crippen molar-refractivity contribution < 1.29 is 22.8 Å². The van der Waals surface area contributed by atoms with E-state index in [1.54, 1.807) is 19.9 Å². The number of nitrogens with zero attached hydrogens (tertiary/aromatic N) is 1. The molecule has 2 aromatic carbocycles. The number of anilines is 1. The summed E-state index contributed by atoms with van der Waals surface area (Å²) in [7, 11) is -4.15. The van der Waals surface area contributed by atoms with Crippen molar-refractivity contribution >= 4 is 21.4 Å². The quantitative estimate of drug-likeness (QED) is 0.659. The van der Waals surface area contributed by atoms with Gasteiger partial charge in [-0.1, -0.05) is 12.1 Å². The zero-order chi connectivity index (χ0) is 18.4. The highest BCUT2D eigenvalue weighted by Crippen LogP contribution is 2.41. The first kappa shape index (κ1) is 17.0. The van der Waals surface area contributed by atoms with Crippen LogP contribution in [0.3, 0.4) is 0 Å². The van der Waals surface area contributed by atoms with E-state index in [4.69, 9.17) is 9.47 Å². The molecule has 0 aliphatic carbocycles. The molecule has 1 heterocycles. The third-order valence-electron chi connectivity index (χ3n) is 3.56. The molecule has 0 radical (unpaired) electrons. The van der Waals surface area contributed by atoms with Crippen LogP contribution in [0.15, 0.2) is 41.3 Å². The molecule has 0 aromatic heterocycles. The molecular formula is C16H16N2O6S. The van der Waals surface area contributed by atoms with Gasteiger partial charge in [0, 0.05) is 26.0 Å². The molecular weight excluding hydrogens is 348 g/mol. The van der Waals surface area contributed by atoms with Crippen LogP contribution in [0.25, 0.3) is 0 Å². The smallest absolute Gasteiger partial charge is 0.290 e. The lowest BCUT2D eigenvalue weighted by atomic mass is 10.2. The van der Waals surface area contributed by atoms with Crippen molar-refractivity contribution in [2.45, 2.75) is 31.5 Å². The molecule has 0 bridgehead atoms. The SMILES string of the molecule is Cc1cccc([N+](=O)[O-])c1S(=O)(=O)Nc1ccc2c(c1)OC(C)(C)O2. The largest absolute Gasteiger partial charge is 0.449 e. The van der Waals surface area contributed by atoms with Crippen LogP contribution >= 0.6 is 0 Å². The highest BCUT2D eigenvalue weighted by molar-refractivity contribution is 7.93. The number of nitrogens with one attached hydrogen (secondary N) is 1. The van der Waals surface area contributed by atoms with Gasteiger partial charge in [0.1, 0.15) is 0 Å². The lowest BCUT2D eigenvalue weighted by Gasteiger charge is -2.16. The van der Waals surface area contributed by atoms with Crippen LogP contribution < -0.4 is 14.2 Å². The number of benzene rings is 2. The summed E-state index contributed by atoms with van der Waals surface area (Å²) in [6.45, 7) is 4.96. The number of ether oxygens (including phenoxy) is 2. The third kappa shape index (κ3) is 3.22. The van der Waals surface area contributed by atoms with Crippen molar-refractivity contribution in [2.24, 2.45) is 0 Å². The van der Waals surface area contributed by atoms with Crippen LogP contribution in [0.4, 0.5) is 11.4 Å². The van der Waals surface area contributed by atoms with E-state index in [1.807, 2.05) is 0 Å². The predicted octanol–water partition coefficient (Wildman–Crippen LogP) is 3.21. The van der Waals surface area contributed by atoms with E-state index >= 15 is 0 Å². The second kappa shape index (κ2) is 5.62. The van der Waals surface area contributed by atoms with Crippen LogP contribution in [0.2, 0.25) is 0 Å². The van der Waals surface area contributed by atoms with E-state index in [2.05, 4.69) is 4.72 Å². The van der Waals surface area contributed by atoms with Gasteiger partial charge in [-0.15, -0.1) is 0 Å². The van der Waals surface area contributed by atoms with E-state index in [1.165, 1.54) is 31.2 Å². The maximum absolute atomic E-state index is 12.7. The molecule has 8 nitrogen and oxygen atoms in total. The Bertz CT molecular complexity index is 969. The first-order valence-corrected chi connectivity index (χ1v) is 8.86. The highest BCUT2D eigenvalue weighted by atomic mass is 32.2. The molecule has 3 rings (SSSR count). The summed E-state index contributed by atoms with van der Waals surface area (Å²) in [6, 6.07) is 8.66. The predicted molar refractivity (Wildman–Crippen MR) is 90.4 cm³/mol. The number of hydrogen-bond donors (Lipinski definition) is 1. The van der Waals surface area contributed by atoms with E-state index in [0.29, 0.717) is 11.5 Å². The van der Waals surface area contributed by atoms with Gasteiger partial charge in [-0.05, 0) is 24.6 Å². The van der Waals surface area contributed by atoms with Gasteiger partial charge in [0.25, 0.3) is 15.7 Å². The summed E-state index contributed by atoms with van der Waals surface area (Å²) in [5.74, 6) is 0.0496. The fourth-order valence-corrected chi connectivity index (χ4v) is 4.07. The van der Waals surface area contributed by atoms with E-state index < -0.39 is 26.4 Å². The van der Waals surface area contributed by atoms with Gasteiger partial charge in [-0.2, -0.15) is 0 Å². The lowest BCUT2D eigenvalue weighted by molar-refractivity contribution is -0.387.